The molecule has 1 aliphatic rings. The molecule has 7 nitrogen and oxygen atoms in total. The number of rotatable bonds is 4. The number of carbonyl (C=O) groups is 2. The second-order valence-corrected chi connectivity index (χ2v) is 6.68. The highest BCUT2D eigenvalue weighted by molar-refractivity contribution is 6.37. The van der Waals surface area contributed by atoms with Gasteiger partial charge in [0.25, 0.3) is 5.91 Å². The molecule has 1 saturated heterocycles. The van der Waals surface area contributed by atoms with E-state index in [0.29, 0.717) is 21.9 Å². The fourth-order valence-corrected chi connectivity index (χ4v) is 3.14. The van der Waals surface area contributed by atoms with Gasteiger partial charge in [-0.3, -0.25) is 20.1 Å². The minimum atomic E-state index is -1.05. The Bertz CT molecular complexity index is 1000. The largest absolute Gasteiger partial charge is 0.478 e. The van der Waals surface area contributed by atoms with Gasteiger partial charge in [0.15, 0.2) is 0 Å². The molecule has 1 fully saturated rings. The second-order valence-electron chi connectivity index (χ2n) is 6.11. The van der Waals surface area contributed by atoms with Gasteiger partial charge >= 0.3 is 5.97 Å². The van der Waals surface area contributed by atoms with Gasteiger partial charge in [-0.25, -0.2) is 4.79 Å². The smallest absolute Gasteiger partial charge is 0.337 e. The molecule has 3 N–H and O–H groups in total. The summed E-state index contributed by atoms with van der Waals surface area (Å²) >= 11 is 6.17. The van der Waals surface area contributed by atoms with Crippen molar-refractivity contribution in [1.29, 1.82) is 5.41 Å². The molecule has 1 amide bonds. The lowest BCUT2D eigenvalue weighted by molar-refractivity contribution is -0.122. The minimum absolute atomic E-state index is 0.00488. The van der Waals surface area contributed by atoms with E-state index in [0.717, 1.165) is 5.56 Å². The molecular formula is C19H17ClN4O3. The topological polar surface area (TPSA) is 110 Å². The summed E-state index contributed by atoms with van der Waals surface area (Å²) in [5.74, 6) is -1.42. The molecule has 3 heterocycles. The molecule has 27 heavy (non-hydrogen) atoms. The van der Waals surface area contributed by atoms with E-state index in [4.69, 9.17) is 17.0 Å². The third kappa shape index (κ3) is 3.41. The number of amidine groups is 1. The molecule has 0 saturated carbocycles. The van der Waals surface area contributed by atoms with Crippen LogP contribution in [0.3, 0.4) is 0 Å². The van der Waals surface area contributed by atoms with Crippen LogP contribution < -0.4 is 0 Å². The molecule has 0 unspecified atom stereocenters. The SMILES string of the molecule is C/C(Cl)=C1\C(=N)N(Cc2cccnc2)C(=O)\C1=C/c1[nH]cc(C(=O)O)c1C. The number of hydrogen-bond acceptors (Lipinski definition) is 4. The van der Waals surface area contributed by atoms with Gasteiger partial charge in [-0.1, -0.05) is 17.7 Å². The normalized spacial score (nSPS) is 17.7. The number of carbonyl (C=O) groups excluding carboxylic acids is 1. The summed E-state index contributed by atoms with van der Waals surface area (Å²) in [6, 6.07) is 3.58. The van der Waals surface area contributed by atoms with Gasteiger partial charge in [0, 0.05) is 34.9 Å². The Morgan fingerprint density at radius 3 is 2.78 bits per heavy atom. The molecule has 0 spiro atoms. The summed E-state index contributed by atoms with van der Waals surface area (Å²) < 4.78 is 0. The maximum atomic E-state index is 13.0. The lowest BCUT2D eigenvalue weighted by Gasteiger charge is -2.14. The van der Waals surface area contributed by atoms with Crippen LogP contribution in [0.1, 0.15) is 34.1 Å². The maximum absolute atomic E-state index is 13.0. The number of aromatic carboxylic acids is 1. The minimum Gasteiger partial charge on any atom is -0.478 e. The van der Waals surface area contributed by atoms with Crippen molar-refractivity contribution in [2.75, 3.05) is 0 Å². The van der Waals surface area contributed by atoms with Crippen molar-refractivity contribution in [2.24, 2.45) is 0 Å². The number of amides is 1. The van der Waals surface area contributed by atoms with Gasteiger partial charge in [-0.15, -0.1) is 0 Å². The number of allylic oxidation sites excluding steroid dienone is 1. The van der Waals surface area contributed by atoms with Crippen molar-refractivity contribution in [3.63, 3.8) is 0 Å². The zero-order chi connectivity index (χ0) is 19.7. The lowest BCUT2D eigenvalue weighted by Crippen LogP contribution is -2.28. The van der Waals surface area contributed by atoms with Gasteiger partial charge in [0.1, 0.15) is 5.84 Å². The lowest BCUT2D eigenvalue weighted by atomic mass is 10.0. The first-order valence-corrected chi connectivity index (χ1v) is 8.48. The first-order valence-electron chi connectivity index (χ1n) is 8.10. The van der Waals surface area contributed by atoms with Crippen LogP contribution in [0.5, 0.6) is 0 Å². The van der Waals surface area contributed by atoms with E-state index in [2.05, 4.69) is 9.97 Å². The molecule has 0 bridgehead atoms. The predicted octanol–water partition coefficient (Wildman–Crippen LogP) is 3.33. The van der Waals surface area contributed by atoms with E-state index in [9.17, 15) is 14.7 Å². The van der Waals surface area contributed by atoms with Crippen LogP contribution in [-0.4, -0.2) is 37.7 Å². The van der Waals surface area contributed by atoms with Crippen molar-refractivity contribution in [3.8, 4) is 0 Å². The third-order valence-electron chi connectivity index (χ3n) is 4.36. The predicted molar refractivity (Wildman–Crippen MR) is 102 cm³/mol. The third-order valence-corrected chi connectivity index (χ3v) is 4.55. The summed E-state index contributed by atoms with van der Waals surface area (Å²) in [5, 5.41) is 17.9. The van der Waals surface area contributed by atoms with Gasteiger partial charge in [-0.2, -0.15) is 0 Å². The summed E-state index contributed by atoms with van der Waals surface area (Å²) in [5.41, 5.74) is 2.49. The van der Waals surface area contributed by atoms with E-state index < -0.39 is 5.97 Å². The quantitative estimate of drug-likeness (QED) is 0.702. The number of likely N-dealkylation sites (tertiary alicyclic amines) is 1. The molecule has 138 valence electrons. The van der Waals surface area contributed by atoms with Gasteiger partial charge in [0.2, 0.25) is 0 Å². The van der Waals surface area contributed by atoms with Crippen molar-refractivity contribution < 1.29 is 14.7 Å². The van der Waals surface area contributed by atoms with Crippen LogP contribution in [0.4, 0.5) is 0 Å². The van der Waals surface area contributed by atoms with Gasteiger partial charge in [0.05, 0.1) is 17.7 Å². The van der Waals surface area contributed by atoms with E-state index in [1.165, 1.54) is 11.1 Å². The maximum Gasteiger partial charge on any atom is 0.337 e. The van der Waals surface area contributed by atoms with Crippen LogP contribution >= 0.6 is 11.6 Å². The fourth-order valence-electron chi connectivity index (χ4n) is 2.95. The average Bonchev–Trinajstić information content (AvgIpc) is 3.09. The number of H-pyrrole nitrogens is 1. The van der Waals surface area contributed by atoms with E-state index in [1.54, 1.807) is 38.4 Å². The van der Waals surface area contributed by atoms with E-state index in [-0.39, 0.29) is 29.4 Å². The highest BCUT2D eigenvalue weighted by Gasteiger charge is 2.37. The van der Waals surface area contributed by atoms with Gasteiger partial charge < -0.3 is 10.1 Å². The Morgan fingerprint density at radius 2 is 2.22 bits per heavy atom. The number of hydrogen-bond donors (Lipinski definition) is 3. The Morgan fingerprint density at radius 1 is 1.48 bits per heavy atom. The van der Waals surface area contributed by atoms with Crippen LogP contribution in [0, 0.1) is 12.3 Å². The summed E-state index contributed by atoms with van der Waals surface area (Å²) in [7, 11) is 0. The summed E-state index contributed by atoms with van der Waals surface area (Å²) in [6.07, 6.45) is 6.18. The van der Waals surface area contributed by atoms with Crippen LogP contribution in [0.25, 0.3) is 6.08 Å². The number of carboxylic acids is 1. The Balaban J connectivity index is 2.04. The number of nitrogens with zero attached hydrogens (tertiary/aromatic N) is 2. The molecule has 2 aromatic heterocycles. The number of aromatic nitrogens is 2. The number of carboxylic acid groups (broad SMARTS) is 1. The summed E-state index contributed by atoms with van der Waals surface area (Å²) in [6.45, 7) is 3.46. The van der Waals surface area contributed by atoms with Crippen molar-refractivity contribution in [1.82, 2.24) is 14.9 Å². The average molecular weight is 385 g/mol. The fraction of sp³-hybridized carbons (Fsp3) is 0.158. The zero-order valence-electron chi connectivity index (χ0n) is 14.7. The zero-order valence-corrected chi connectivity index (χ0v) is 15.5. The van der Waals surface area contributed by atoms with E-state index >= 15 is 0 Å². The molecule has 1 aliphatic heterocycles. The van der Waals surface area contributed by atoms with Crippen LogP contribution in [-0.2, 0) is 11.3 Å². The molecule has 2 aromatic rings. The number of aromatic amines is 1. The first kappa shape index (κ1) is 18.6. The number of pyridine rings is 1. The molecule has 0 atom stereocenters. The molecular weight excluding hydrogens is 368 g/mol. The van der Waals surface area contributed by atoms with Crippen LogP contribution in [0.15, 0.2) is 46.9 Å². The Labute approximate surface area is 160 Å². The standard InChI is InChI=1S/C19H17ClN4O3/c1-10-14(19(26)27)8-23-15(10)6-13-16(11(2)20)17(21)24(18(13)25)9-12-4-3-5-22-7-12/h3-8,21,23H,9H2,1-2H3,(H,26,27)/b13-6-,16-11+,21-17?. The highest BCUT2D eigenvalue weighted by atomic mass is 35.5. The van der Waals surface area contributed by atoms with Crippen molar-refractivity contribution in [3.05, 3.63) is 69.3 Å². The molecule has 0 aliphatic carbocycles. The first-order chi connectivity index (χ1) is 12.8. The molecule has 3 rings (SSSR count). The van der Waals surface area contributed by atoms with E-state index in [1.807, 2.05) is 6.07 Å². The summed E-state index contributed by atoms with van der Waals surface area (Å²) in [4.78, 5) is 32.4. The molecule has 0 radical (unpaired) electrons. The monoisotopic (exact) mass is 384 g/mol. The Kier molecular flexibility index (Phi) is 4.96. The number of nitrogens with one attached hydrogen (secondary N) is 2. The second kappa shape index (κ2) is 7.20. The molecule has 8 heteroatoms. The Hall–Kier alpha value is -3.19. The van der Waals surface area contributed by atoms with Gasteiger partial charge in [-0.05, 0) is 37.1 Å². The number of halogens is 1. The van der Waals surface area contributed by atoms with Crippen molar-refractivity contribution in [2.45, 2.75) is 20.4 Å². The van der Waals surface area contributed by atoms with Crippen molar-refractivity contribution >= 4 is 35.4 Å². The van der Waals surface area contributed by atoms with Crippen LogP contribution in [0.2, 0.25) is 0 Å². The highest BCUT2D eigenvalue weighted by Crippen LogP contribution is 2.32. The molecule has 0 aromatic carbocycles.